The van der Waals surface area contributed by atoms with Gasteiger partial charge in [-0.15, -0.1) is 0 Å². The van der Waals surface area contributed by atoms with E-state index in [2.05, 4.69) is 10.4 Å². The van der Waals surface area contributed by atoms with Crippen LogP contribution in [0.1, 0.15) is 22.5 Å². The Morgan fingerprint density at radius 3 is 2.32 bits per heavy atom. The SMILES string of the molecule is Cc1nn(-c2ccccc2)c(C)c1CC(=O)NCC(=O)OCc1ccccc1. The van der Waals surface area contributed by atoms with Gasteiger partial charge in [0.1, 0.15) is 13.2 Å². The third kappa shape index (κ3) is 4.85. The molecule has 3 rings (SSSR count). The summed E-state index contributed by atoms with van der Waals surface area (Å²) in [6, 6.07) is 19.2. The Hall–Kier alpha value is -3.41. The van der Waals surface area contributed by atoms with E-state index in [1.807, 2.05) is 79.2 Å². The molecule has 6 heteroatoms. The number of carbonyl (C=O) groups excluding carboxylic acids is 2. The number of nitrogens with zero attached hydrogens (tertiary/aromatic N) is 2. The Balaban J connectivity index is 1.54. The van der Waals surface area contributed by atoms with Crippen LogP contribution in [0.4, 0.5) is 0 Å². The maximum absolute atomic E-state index is 12.3. The molecule has 0 bridgehead atoms. The zero-order valence-corrected chi connectivity index (χ0v) is 16.0. The van der Waals surface area contributed by atoms with E-state index in [1.54, 1.807) is 0 Å². The lowest BCUT2D eigenvalue weighted by molar-refractivity contribution is -0.145. The summed E-state index contributed by atoms with van der Waals surface area (Å²) in [5.41, 5.74) is 4.41. The Labute approximate surface area is 164 Å². The van der Waals surface area contributed by atoms with E-state index < -0.39 is 5.97 Å². The molecule has 0 aliphatic rings. The molecule has 0 unspecified atom stereocenters. The lowest BCUT2D eigenvalue weighted by atomic mass is 10.1. The number of hydrogen-bond acceptors (Lipinski definition) is 4. The van der Waals surface area contributed by atoms with Crippen molar-refractivity contribution in [3.63, 3.8) is 0 Å². The maximum Gasteiger partial charge on any atom is 0.325 e. The van der Waals surface area contributed by atoms with Crippen LogP contribution in [0, 0.1) is 13.8 Å². The summed E-state index contributed by atoms with van der Waals surface area (Å²) in [5, 5.41) is 7.16. The number of aryl methyl sites for hydroxylation is 1. The highest BCUT2D eigenvalue weighted by atomic mass is 16.5. The molecule has 6 nitrogen and oxygen atoms in total. The van der Waals surface area contributed by atoms with Crippen LogP contribution in [0.5, 0.6) is 0 Å². The number of nitrogens with one attached hydrogen (secondary N) is 1. The van der Waals surface area contributed by atoms with Crippen LogP contribution in [-0.4, -0.2) is 28.2 Å². The molecule has 3 aromatic rings. The summed E-state index contributed by atoms with van der Waals surface area (Å²) in [6.45, 7) is 3.85. The second-order valence-electron chi connectivity index (χ2n) is 6.50. The van der Waals surface area contributed by atoms with Gasteiger partial charge in [0.05, 0.1) is 17.8 Å². The monoisotopic (exact) mass is 377 g/mol. The van der Waals surface area contributed by atoms with E-state index in [4.69, 9.17) is 4.74 Å². The Kier molecular flexibility index (Phi) is 6.22. The largest absolute Gasteiger partial charge is 0.460 e. The standard InChI is InChI=1S/C22H23N3O3/c1-16-20(17(2)25(24-16)19-11-7-4-8-12-19)13-21(26)23-14-22(27)28-15-18-9-5-3-6-10-18/h3-12H,13-15H2,1-2H3,(H,23,26). The van der Waals surface area contributed by atoms with Crippen molar-refractivity contribution in [3.8, 4) is 5.69 Å². The summed E-state index contributed by atoms with van der Waals surface area (Å²) >= 11 is 0. The fraction of sp³-hybridized carbons (Fsp3) is 0.227. The third-order valence-electron chi connectivity index (χ3n) is 4.45. The second kappa shape index (κ2) is 8.99. The first-order valence-corrected chi connectivity index (χ1v) is 9.11. The van der Waals surface area contributed by atoms with Gasteiger partial charge in [0.15, 0.2) is 0 Å². The summed E-state index contributed by atoms with van der Waals surface area (Å²) in [7, 11) is 0. The topological polar surface area (TPSA) is 73.2 Å². The van der Waals surface area contributed by atoms with Crippen LogP contribution in [-0.2, 0) is 27.4 Å². The van der Waals surface area contributed by atoms with E-state index >= 15 is 0 Å². The molecule has 2 aromatic carbocycles. The molecule has 0 saturated heterocycles. The van der Waals surface area contributed by atoms with Gasteiger partial charge in [-0.2, -0.15) is 5.10 Å². The van der Waals surface area contributed by atoms with Crippen LogP contribution in [0.3, 0.4) is 0 Å². The number of aromatic nitrogens is 2. The summed E-state index contributed by atoms with van der Waals surface area (Å²) in [5.74, 6) is -0.707. The van der Waals surface area contributed by atoms with Crippen LogP contribution >= 0.6 is 0 Å². The summed E-state index contributed by atoms with van der Waals surface area (Å²) in [4.78, 5) is 24.1. The van der Waals surface area contributed by atoms with Gasteiger partial charge in [-0.1, -0.05) is 48.5 Å². The molecule has 0 aliphatic carbocycles. The van der Waals surface area contributed by atoms with Crippen molar-refractivity contribution in [2.24, 2.45) is 0 Å². The van der Waals surface area contributed by atoms with Crippen molar-refractivity contribution in [2.45, 2.75) is 26.9 Å². The fourth-order valence-corrected chi connectivity index (χ4v) is 2.93. The highest BCUT2D eigenvalue weighted by Crippen LogP contribution is 2.18. The average molecular weight is 377 g/mol. The Morgan fingerprint density at radius 1 is 1.00 bits per heavy atom. The van der Waals surface area contributed by atoms with E-state index in [0.29, 0.717) is 0 Å². The first-order valence-electron chi connectivity index (χ1n) is 9.11. The van der Waals surface area contributed by atoms with Gasteiger partial charge in [-0.05, 0) is 31.5 Å². The molecule has 0 fully saturated rings. The van der Waals surface area contributed by atoms with Crippen molar-refractivity contribution in [3.05, 3.63) is 83.2 Å². The number of carbonyl (C=O) groups is 2. The molecule has 0 saturated carbocycles. The molecule has 144 valence electrons. The number of esters is 1. The minimum Gasteiger partial charge on any atom is -0.460 e. The Bertz CT molecular complexity index is 950. The highest BCUT2D eigenvalue weighted by Gasteiger charge is 2.16. The van der Waals surface area contributed by atoms with Crippen molar-refractivity contribution < 1.29 is 14.3 Å². The number of amides is 1. The first-order chi connectivity index (χ1) is 13.5. The number of benzene rings is 2. The molecule has 0 aliphatic heterocycles. The van der Waals surface area contributed by atoms with E-state index in [0.717, 1.165) is 28.2 Å². The average Bonchev–Trinajstić information content (AvgIpc) is 3.00. The van der Waals surface area contributed by atoms with E-state index in [1.165, 1.54) is 0 Å². The molecule has 28 heavy (non-hydrogen) atoms. The molecule has 1 N–H and O–H groups in total. The van der Waals surface area contributed by atoms with Crippen molar-refractivity contribution in [2.75, 3.05) is 6.54 Å². The van der Waals surface area contributed by atoms with Gasteiger partial charge in [0, 0.05) is 11.3 Å². The van der Waals surface area contributed by atoms with Crippen molar-refractivity contribution in [1.29, 1.82) is 0 Å². The summed E-state index contributed by atoms with van der Waals surface area (Å²) < 4.78 is 6.99. The quantitative estimate of drug-likeness (QED) is 0.643. The minimum absolute atomic E-state index is 0.156. The van der Waals surface area contributed by atoms with Gasteiger partial charge >= 0.3 is 5.97 Å². The first kappa shape index (κ1) is 19.4. The molecule has 1 amide bonds. The van der Waals surface area contributed by atoms with Gasteiger partial charge in [0.25, 0.3) is 0 Å². The normalized spacial score (nSPS) is 10.5. The van der Waals surface area contributed by atoms with Gasteiger partial charge in [-0.3, -0.25) is 9.59 Å². The zero-order valence-electron chi connectivity index (χ0n) is 16.0. The zero-order chi connectivity index (χ0) is 19.9. The van der Waals surface area contributed by atoms with Crippen LogP contribution in [0.25, 0.3) is 5.69 Å². The fourth-order valence-electron chi connectivity index (χ4n) is 2.93. The van der Waals surface area contributed by atoms with Crippen molar-refractivity contribution >= 4 is 11.9 Å². The highest BCUT2D eigenvalue weighted by molar-refractivity contribution is 5.83. The molecule has 0 radical (unpaired) electrons. The molecular weight excluding hydrogens is 354 g/mol. The lowest BCUT2D eigenvalue weighted by Gasteiger charge is -2.08. The smallest absolute Gasteiger partial charge is 0.325 e. The van der Waals surface area contributed by atoms with Gasteiger partial charge < -0.3 is 10.1 Å². The van der Waals surface area contributed by atoms with Gasteiger partial charge in [0.2, 0.25) is 5.91 Å². The van der Waals surface area contributed by atoms with Gasteiger partial charge in [-0.25, -0.2) is 4.68 Å². The summed E-state index contributed by atoms with van der Waals surface area (Å²) in [6.07, 6.45) is 0.163. The molecule has 0 atom stereocenters. The van der Waals surface area contributed by atoms with Crippen LogP contribution in [0.15, 0.2) is 60.7 Å². The predicted molar refractivity (Wildman–Crippen MR) is 106 cm³/mol. The Morgan fingerprint density at radius 2 is 1.64 bits per heavy atom. The minimum atomic E-state index is -0.467. The third-order valence-corrected chi connectivity index (χ3v) is 4.45. The van der Waals surface area contributed by atoms with E-state index in [-0.39, 0.29) is 25.5 Å². The second-order valence-corrected chi connectivity index (χ2v) is 6.50. The molecule has 0 spiro atoms. The maximum atomic E-state index is 12.3. The lowest BCUT2D eigenvalue weighted by Crippen LogP contribution is -2.31. The molecule has 1 aromatic heterocycles. The number of para-hydroxylation sites is 1. The van der Waals surface area contributed by atoms with Crippen molar-refractivity contribution in [1.82, 2.24) is 15.1 Å². The number of rotatable bonds is 7. The number of hydrogen-bond donors (Lipinski definition) is 1. The van der Waals surface area contributed by atoms with Crippen LogP contribution < -0.4 is 5.32 Å². The van der Waals surface area contributed by atoms with Crippen LogP contribution in [0.2, 0.25) is 0 Å². The molecule has 1 heterocycles. The van der Waals surface area contributed by atoms with E-state index in [9.17, 15) is 9.59 Å². The number of ether oxygens (including phenoxy) is 1. The molecular formula is C22H23N3O3. The predicted octanol–water partition coefficient (Wildman–Crippen LogP) is 2.89.